The molecule has 0 aliphatic heterocycles. The lowest BCUT2D eigenvalue weighted by atomic mass is 10.2. The van der Waals surface area contributed by atoms with E-state index in [-0.39, 0.29) is 6.04 Å². The molecule has 0 radical (unpaired) electrons. The molecule has 0 aliphatic rings. The third kappa shape index (κ3) is 3.33. The molecule has 2 aromatic rings. The van der Waals surface area contributed by atoms with Crippen LogP contribution in [0.3, 0.4) is 0 Å². The number of hydrogen-bond donors (Lipinski definition) is 1. The molecule has 0 amide bonds. The zero-order valence-electron chi connectivity index (χ0n) is 9.50. The first kappa shape index (κ1) is 13.1. The lowest BCUT2D eigenvalue weighted by Gasteiger charge is -2.14. The highest BCUT2D eigenvalue weighted by Gasteiger charge is 2.10. The van der Waals surface area contributed by atoms with Crippen molar-refractivity contribution in [2.75, 3.05) is 5.32 Å². The van der Waals surface area contributed by atoms with Gasteiger partial charge >= 0.3 is 0 Å². The molecule has 1 aromatic heterocycles. The molecule has 5 heteroatoms. The molecule has 1 unspecified atom stereocenters. The Morgan fingerprint density at radius 3 is 2.82 bits per heavy atom. The molecule has 0 fully saturated rings. The molecular weight excluding hydrogens is 367 g/mol. The largest absolute Gasteiger partial charge is 0.376 e. The van der Waals surface area contributed by atoms with Crippen molar-refractivity contribution in [3.05, 3.63) is 42.9 Å². The lowest BCUT2D eigenvalue weighted by molar-refractivity contribution is 0.845. The third-order valence-electron chi connectivity index (χ3n) is 2.38. The summed E-state index contributed by atoms with van der Waals surface area (Å²) in [7, 11) is 0. The fourth-order valence-electron chi connectivity index (χ4n) is 1.49. The standard InChI is InChI=1S/C12H12ClIN2S/c1-7(12-6-17-8(2)16-12)15-11-4-3-9(14)5-10(11)13/h3-7,15H,1-2H3. The molecule has 0 bridgehead atoms. The van der Waals surface area contributed by atoms with Crippen LogP contribution in [0.15, 0.2) is 23.6 Å². The van der Waals surface area contributed by atoms with Gasteiger partial charge in [0.05, 0.1) is 27.5 Å². The maximum Gasteiger partial charge on any atom is 0.0898 e. The van der Waals surface area contributed by atoms with Gasteiger partial charge in [0.2, 0.25) is 0 Å². The predicted octanol–water partition coefficient (Wildman–Crippen LogP) is 4.88. The van der Waals surface area contributed by atoms with E-state index < -0.39 is 0 Å². The van der Waals surface area contributed by atoms with E-state index in [4.69, 9.17) is 11.6 Å². The fraction of sp³-hybridized carbons (Fsp3) is 0.250. The van der Waals surface area contributed by atoms with Crippen molar-refractivity contribution in [2.45, 2.75) is 19.9 Å². The average Bonchev–Trinajstić information content (AvgIpc) is 2.69. The summed E-state index contributed by atoms with van der Waals surface area (Å²) in [5.74, 6) is 0. The predicted molar refractivity (Wildman–Crippen MR) is 83.1 cm³/mol. The first-order valence-electron chi connectivity index (χ1n) is 5.20. The summed E-state index contributed by atoms with van der Waals surface area (Å²) in [6, 6.07) is 6.15. The molecule has 1 N–H and O–H groups in total. The summed E-state index contributed by atoms with van der Waals surface area (Å²) in [5, 5.41) is 7.28. The Morgan fingerprint density at radius 2 is 2.24 bits per heavy atom. The summed E-state index contributed by atoms with van der Waals surface area (Å²) in [5.41, 5.74) is 2.01. The van der Waals surface area contributed by atoms with Crippen LogP contribution in [0.4, 0.5) is 5.69 Å². The maximum absolute atomic E-state index is 6.18. The smallest absolute Gasteiger partial charge is 0.0898 e. The van der Waals surface area contributed by atoms with Crippen LogP contribution in [-0.4, -0.2) is 4.98 Å². The second-order valence-corrected chi connectivity index (χ2v) is 6.50. The highest BCUT2D eigenvalue weighted by Crippen LogP contribution is 2.28. The van der Waals surface area contributed by atoms with Gasteiger partial charge < -0.3 is 5.32 Å². The number of nitrogens with one attached hydrogen (secondary N) is 1. The zero-order valence-corrected chi connectivity index (χ0v) is 13.2. The normalized spacial score (nSPS) is 12.5. The first-order chi connectivity index (χ1) is 8.06. The number of anilines is 1. The van der Waals surface area contributed by atoms with Gasteiger partial charge in [-0.2, -0.15) is 0 Å². The maximum atomic E-state index is 6.18. The van der Waals surface area contributed by atoms with Gasteiger partial charge in [0.15, 0.2) is 0 Å². The van der Waals surface area contributed by atoms with E-state index in [1.807, 2.05) is 25.1 Å². The molecule has 2 nitrogen and oxygen atoms in total. The van der Waals surface area contributed by atoms with Gasteiger partial charge in [-0.05, 0) is 54.6 Å². The Hall–Kier alpha value is -0.330. The number of nitrogens with zero attached hydrogens (tertiary/aromatic N) is 1. The Labute approximate surface area is 124 Å². The van der Waals surface area contributed by atoms with E-state index in [1.54, 1.807) is 11.3 Å². The van der Waals surface area contributed by atoms with Gasteiger partial charge in [-0.3, -0.25) is 0 Å². The highest BCUT2D eigenvalue weighted by atomic mass is 127. The molecule has 0 aliphatic carbocycles. The second-order valence-electron chi connectivity index (χ2n) is 3.78. The monoisotopic (exact) mass is 378 g/mol. The van der Waals surface area contributed by atoms with Gasteiger partial charge in [-0.15, -0.1) is 11.3 Å². The number of halogens is 2. The quantitative estimate of drug-likeness (QED) is 0.770. The Morgan fingerprint density at radius 1 is 1.47 bits per heavy atom. The van der Waals surface area contributed by atoms with Gasteiger partial charge in [0, 0.05) is 8.95 Å². The van der Waals surface area contributed by atoms with Gasteiger partial charge in [-0.1, -0.05) is 11.6 Å². The van der Waals surface area contributed by atoms with E-state index in [0.29, 0.717) is 0 Å². The van der Waals surface area contributed by atoms with Crippen LogP contribution in [0.1, 0.15) is 23.7 Å². The molecule has 0 saturated carbocycles. The lowest BCUT2D eigenvalue weighted by Crippen LogP contribution is -2.07. The van der Waals surface area contributed by atoms with Crippen LogP contribution >= 0.6 is 45.5 Å². The number of aryl methyl sites for hydroxylation is 1. The SMILES string of the molecule is Cc1nc(C(C)Nc2ccc(I)cc2Cl)cs1. The van der Waals surface area contributed by atoms with E-state index in [2.05, 4.69) is 45.2 Å². The molecule has 1 atom stereocenters. The van der Waals surface area contributed by atoms with Crippen LogP contribution in [-0.2, 0) is 0 Å². The average molecular weight is 379 g/mol. The molecule has 17 heavy (non-hydrogen) atoms. The van der Waals surface area contributed by atoms with E-state index in [9.17, 15) is 0 Å². The van der Waals surface area contributed by atoms with Crippen molar-refractivity contribution >= 4 is 51.2 Å². The summed E-state index contributed by atoms with van der Waals surface area (Å²) in [4.78, 5) is 4.47. The van der Waals surface area contributed by atoms with E-state index in [0.717, 1.165) is 25.0 Å². The summed E-state index contributed by atoms with van der Waals surface area (Å²) >= 11 is 10.1. The Kier molecular flexibility index (Phi) is 4.27. The fourth-order valence-corrected chi connectivity index (χ4v) is 3.11. The second kappa shape index (κ2) is 5.54. The van der Waals surface area contributed by atoms with Crippen molar-refractivity contribution < 1.29 is 0 Å². The van der Waals surface area contributed by atoms with Crippen LogP contribution in [0.25, 0.3) is 0 Å². The molecule has 1 heterocycles. The van der Waals surface area contributed by atoms with Crippen LogP contribution in [0.5, 0.6) is 0 Å². The molecule has 2 rings (SSSR count). The minimum absolute atomic E-state index is 0.164. The van der Waals surface area contributed by atoms with Crippen molar-refractivity contribution in [2.24, 2.45) is 0 Å². The van der Waals surface area contributed by atoms with Crippen molar-refractivity contribution in [3.63, 3.8) is 0 Å². The Balaban J connectivity index is 2.15. The molecule has 0 saturated heterocycles. The summed E-state index contributed by atoms with van der Waals surface area (Å²) in [6.07, 6.45) is 0. The van der Waals surface area contributed by atoms with Crippen LogP contribution < -0.4 is 5.32 Å². The van der Waals surface area contributed by atoms with Crippen LogP contribution in [0, 0.1) is 10.5 Å². The summed E-state index contributed by atoms with van der Waals surface area (Å²) in [6.45, 7) is 4.10. The summed E-state index contributed by atoms with van der Waals surface area (Å²) < 4.78 is 1.13. The van der Waals surface area contributed by atoms with Gasteiger partial charge in [-0.25, -0.2) is 4.98 Å². The number of benzene rings is 1. The number of aromatic nitrogens is 1. The van der Waals surface area contributed by atoms with Crippen molar-refractivity contribution in [1.29, 1.82) is 0 Å². The van der Waals surface area contributed by atoms with E-state index in [1.165, 1.54) is 0 Å². The zero-order chi connectivity index (χ0) is 12.4. The minimum atomic E-state index is 0.164. The molecular formula is C12H12ClIN2S. The van der Waals surface area contributed by atoms with Crippen LogP contribution in [0.2, 0.25) is 5.02 Å². The third-order valence-corrected chi connectivity index (χ3v) is 4.16. The first-order valence-corrected chi connectivity index (χ1v) is 7.53. The number of thiazole rings is 1. The molecule has 0 spiro atoms. The topological polar surface area (TPSA) is 24.9 Å². The van der Waals surface area contributed by atoms with Gasteiger partial charge in [0.1, 0.15) is 0 Å². The minimum Gasteiger partial charge on any atom is -0.376 e. The van der Waals surface area contributed by atoms with Crippen molar-refractivity contribution in [1.82, 2.24) is 4.98 Å². The number of hydrogen-bond acceptors (Lipinski definition) is 3. The van der Waals surface area contributed by atoms with E-state index >= 15 is 0 Å². The molecule has 1 aromatic carbocycles. The number of rotatable bonds is 3. The Bertz CT molecular complexity index is 527. The highest BCUT2D eigenvalue weighted by molar-refractivity contribution is 14.1. The van der Waals surface area contributed by atoms with Crippen molar-refractivity contribution in [3.8, 4) is 0 Å². The molecule has 90 valence electrons. The van der Waals surface area contributed by atoms with Gasteiger partial charge in [0.25, 0.3) is 0 Å².